The normalized spacial score (nSPS) is 20.4. The molecular weight excluding hydrogens is 228 g/mol. The van der Waals surface area contributed by atoms with Crippen LogP contribution >= 0.6 is 11.3 Å². The SMILES string of the molecule is CCNC1CCCc2sc(CC(C)(C)C)nc21. The van der Waals surface area contributed by atoms with Crippen molar-refractivity contribution in [3.8, 4) is 0 Å². The van der Waals surface area contributed by atoms with Gasteiger partial charge in [0, 0.05) is 11.3 Å². The van der Waals surface area contributed by atoms with Crippen molar-refractivity contribution in [3.63, 3.8) is 0 Å². The van der Waals surface area contributed by atoms with Gasteiger partial charge in [0.25, 0.3) is 0 Å². The Morgan fingerprint density at radius 3 is 2.82 bits per heavy atom. The van der Waals surface area contributed by atoms with Crippen molar-refractivity contribution in [1.29, 1.82) is 0 Å². The van der Waals surface area contributed by atoms with E-state index in [0.717, 1.165) is 13.0 Å². The summed E-state index contributed by atoms with van der Waals surface area (Å²) in [4.78, 5) is 6.42. The molecule has 0 saturated carbocycles. The van der Waals surface area contributed by atoms with Gasteiger partial charge in [-0.2, -0.15) is 0 Å². The van der Waals surface area contributed by atoms with Crippen LogP contribution in [0.4, 0.5) is 0 Å². The maximum atomic E-state index is 4.89. The van der Waals surface area contributed by atoms with Crippen LogP contribution in [0.3, 0.4) is 0 Å². The van der Waals surface area contributed by atoms with Crippen LogP contribution < -0.4 is 5.32 Å². The summed E-state index contributed by atoms with van der Waals surface area (Å²) in [5.74, 6) is 0. The van der Waals surface area contributed by atoms with E-state index in [2.05, 4.69) is 33.0 Å². The average Bonchev–Trinajstić information content (AvgIpc) is 2.58. The van der Waals surface area contributed by atoms with E-state index in [9.17, 15) is 0 Å². The molecule has 0 fully saturated rings. The molecule has 1 N–H and O–H groups in total. The van der Waals surface area contributed by atoms with Gasteiger partial charge in [-0.05, 0) is 31.2 Å². The van der Waals surface area contributed by atoms with Crippen molar-refractivity contribution in [2.45, 2.75) is 59.4 Å². The molecule has 0 amide bonds. The first-order chi connectivity index (χ1) is 7.99. The zero-order valence-corrected chi connectivity index (χ0v) is 12.3. The Balaban J connectivity index is 2.18. The minimum absolute atomic E-state index is 0.341. The Bertz CT molecular complexity index is 376. The number of thiazole rings is 1. The minimum atomic E-state index is 0.341. The number of nitrogens with one attached hydrogen (secondary N) is 1. The van der Waals surface area contributed by atoms with Gasteiger partial charge in [0.2, 0.25) is 0 Å². The molecule has 0 bridgehead atoms. The zero-order valence-electron chi connectivity index (χ0n) is 11.5. The number of hydrogen-bond acceptors (Lipinski definition) is 3. The van der Waals surface area contributed by atoms with E-state index in [1.54, 1.807) is 0 Å². The highest BCUT2D eigenvalue weighted by Crippen LogP contribution is 2.35. The fourth-order valence-corrected chi connectivity index (χ4v) is 3.92. The Morgan fingerprint density at radius 2 is 2.18 bits per heavy atom. The average molecular weight is 252 g/mol. The summed E-state index contributed by atoms with van der Waals surface area (Å²) in [6, 6.07) is 0.508. The van der Waals surface area contributed by atoms with E-state index in [4.69, 9.17) is 4.98 Å². The monoisotopic (exact) mass is 252 g/mol. The maximum Gasteiger partial charge on any atom is 0.0937 e. The molecule has 2 nitrogen and oxygen atoms in total. The third-order valence-electron chi connectivity index (χ3n) is 3.13. The molecule has 1 heterocycles. The molecule has 17 heavy (non-hydrogen) atoms. The molecule has 0 spiro atoms. The topological polar surface area (TPSA) is 24.9 Å². The highest BCUT2D eigenvalue weighted by atomic mass is 32.1. The lowest BCUT2D eigenvalue weighted by atomic mass is 9.93. The zero-order chi connectivity index (χ0) is 12.5. The summed E-state index contributed by atoms with van der Waals surface area (Å²) in [5.41, 5.74) is 1.69. The minimum Gasteiger partial charge on any atom is -0.309 e. The van der Waals surface area contributed by atoms with Crippen LogP contribution in [0.15, 0.2) is 0 Å². The van der Waals surface area contributed by atoms with Crippen molar-refractivity contribution in [2.75, 3.05) is 6.54 Å². The second-order valence-electron chi connectivity index (χ2n) is 6.16. The van der Waals surface area contributed by atoms with Crippen LogP contribution in [0.2, 0.25) is 0 Å². The van der Waals surface area contributed by atoms with Gasteiger partial charge in [-0.25, -0.2) is 4.98 Å². The van der Waals surface area contributed by atoms with Crippen molar-refractivity contribution in [1.82, 2.24) is 10.3 Å². The Hall–Kier alpha value is -0.410. The number of aromatic nitrogens is 1. The predicted molar refractivity (Wildman–Crippen MR) is 74.6 cm³/mol. The van der Waals surface area contributed by atoms with Crippen molar-refractivity contribution in [3.05, 3.63) is 15.6 Å². The van der Waals surface area contributed by atoms with E-state index < -0.39 is 0 Å². The molecule has 1 atom stereocenters. The molecule has 1 unspecified atom stereocenters. The van der Waals surface area contributed by atoms with Gasteiger partial charge in [0.1, 0.15) is 0 Å². The Kier molecular flexibility index (Phi) is 3.88. The third-order valence-corrected chi connectivity index (χ3v) is 4.26. The first-order valence-corrected chi connectivity index (χ1v) is 7.53. The van der Waals surface area contributed by atoms with Gasteiger partial charge in [0.15, 0.2) is 0 Å². The highest BCUT2D eigenvalue weighted by molar-refractivity contribution is 7.11. The highest BCUT2D eigenvalue weighted by Gasteiger charge is 2.25. The number of fused-ring (bicyclic) bond motifs is 1. The molecule has 2 rings (SSSR count). The smallest absolute Gasteiger partial charge is 0.0937 e. The van der Waals surface area contributed by atoms with Crippen molar-refractivity contribution >= 4 is 11.3 Å². The molecule has 1 aliphatic carbocycles. The first kappa shape index (κ1) is 13.0. The maximum absolute atomic E-state index is 4.89. The third kappa shape index (κ3) is 3.29. The van der Waals surface area contributed by atoms with Gasteiger partial charge >= 0.3 is 0 Å². The van der Waals surface area contributed by atoms with Gasteiger partial charge in [-0.15, -0.1) is 11.3 Å². The molecule has 1 aromatic rings. The molecule has 0 saturated heterocycles. The number of hydrogen-bond donors (Lipinski definition) is 1. The Morgan fingerprint density at radius 1 is 1.41 bits per heavy atom. The van der Waals surface area contributed by atoms with Crippen LogP contribution in [-0.4, -0.2) is 11.5 Å². The van der Waals surface area contributed by atoms with Gasteiger partial charge in [0.05, 0.1) is 16.7 Å². The van der Waals surface area contributed by atoms with Crippen molar-refractivity contribution < 1.29 is 0 Å². The van der Waals surface area contributed by atoms with Crippen LogP contribution in [-0.2, 0) is 12.8 Å². The largest absolute Gasteiger partial charge is 0.309 e. The number of nitrogens with zero attached hydrogens (tertiary/aromatic N) is 1. The fourth-order valence-electron chi connectivity index (χ4n) is 2.44. The van der Waals surface area contributed by atoms with Gasteiger partial charge in [-0.1, -0.05) is 27.7 Å². The standard InChI is InChI=1S/C14H24N2S/c1-5-15-10-7-6-8-11-13(10)16-12(17-11)9-14(2,3)4/h10,15H,5-9H2,1-4H3. The summed E-state index contributed by atoms with van der Waals surface area (Å²) in [6.45, 7) is 10.1. The van der Waals surface area contributed by atoms with Crippen LogP contribution in [0.5, 0.6) is 0 Å². The summed E-state index contributed by atoms with van der Waals surface area (Å²) < 4.78 is 0. The fraction of sp³-hybridized carbons (Fsp3) is 0.786. The van der Waals surface area contributed by atoms with Crippen LogP contribution in [0.25, 0.3) is 0 Å². The molecule has 1 aliphatic rings. The number of rotatable bonds is 3. The molecule has 3 heteroatoms. The summed E-state index contributed by atoms with van der Waals surface area (Å²) in [6.07, 6.45) is 4.89. The van der Waals surface area contributed by atoms with Crippen molar-refractivity contribution in [2.24, 2.45) is 5.41 Å². The molecule has 0 radical (unpaired) electrons. The Labute approximate surface area is 109 Å². The summed E-state index contributed by atoms with van der Waals surface area (Å²) in [7, 11) is 0. The van der Waals surface area contributed by atoms with Gasteiger partial charge in [-0.3, -0.25) is 0 Å². The molecule has 96 valence electrons. The first-order valence-electron chi connectivity index (χ1n) is 6.71. The van der Waals surface area contributed by atoms with E-state index >= 15 is 0 Å². The van der Waals surface area contributed by atoms with E-state index in [-0.39, 0.29) is 0 Å². The predicted octanol–water partition coefficient (Wildman–Crippen LogP) is 3.72. The van der Waals surface area contributed by atoms with E-state index in [1.807, 2.05) is 11.3 Å². The molecule has 0 aliphatic heterocycles. The van der Waals surface area contributed by atoms with E-state index in [1.165, 1.54) is 34.8 Å². The van der Waals surface area contributed by atoms with Gasteiger partial charge < -0.3 is 5.32 Å². The summed E-state index contributed by atoms with van der Waals surface area (Å²) in [5, 5.41) is 4.89. The van der Waals surface area contributed by atoms with Crippen LogP contribution in [0.1, 0.15) is 62.2 Å². The quantitative estimate of drug-likeness (QED) is 0.887. The second-order valence-corrected chi connectivity index (χ2v) is 7.32. The molecular formula is C14H24N2S. The lowest BCUT2D eigenvalue weighted by Gasteiger charge is -2.21. The lowest BCUT2D eigenvalue weighted by Crippen LogP contribution is -2.24. The van der Waals surface area contributed by atoms with E-state index in [0.29, 0.717) is 11.5 Å². The summed E-state index contributed by atoms with van der Waals surface area (Å²) >= 11 is 1.94. The molecule has 1 aromatic heterocycles. The second kappa shape index (κ2) is 5.07. The molecule has 0 aromatic carbocycles. The lowest BCUT2D eigenvalue weighted by molar-refractivity contribution is 0.408. The van der Waals surface area contributed by atoms with Crippen LogP contribution in [0, 0.1) is 5.41 Å². The number of aryl methyl sites for hydroxylation is 1.